The van der Waals surface area contributed by atoms with E-state index < -0.39 is 17.6 Å². The molecule has 3 rings (SSSR count). The van der Waals surface area contributed by atoms with Crippen LogP contribution in [0.15, 0.2) is 60.8 Å². The fraction of sp³-hybridized carbons (Fsp3) is 0.286. The Balaban J connectivity index is 2.06. The van der Waals surface area contributed by atoms with Crippen LogP contribution in [0.25, 0.3) is 10.9 Å². The largest absolute Gasteiger partial charge is 0.459 e. The third-order valence-electron chi connectivity index (χ3n) is 4.15. The average Bonchev–Trinajstić information content (AvgIpc) is 2.98. The number of fused-ring (bicyclic) bond motifs is 1. The van der Waals surface area contributed by atoms with Crippen LogP contribution in [0.3, 0.4) is 0 Å². The number of benzene rings is 2. The van der Waals surface area contributed by atoms with Gasteiger partial charge in [-0.1, -0.05) is 48.5 Å². The summed E-state index contributed by atoms with van der Waals surface area (Å²) in [4.78, 5) is 15.9. The molecule has 0 spiro atoms. The standard InChI is InChI=1S/C21H24N2O2/c1-21(2,3)25-20(24)19(22)18(14-9-5-4-6-10-14)16-13-23-17-12-8-7-11-15(16)17/h4-13,18-19,23H,22H2,1-3H3/t18-,19+/m0/s1. The predicted octanol–water partition coefficient (Wildman–Crippen LogP) is 3.97. The van der Waals surface area contributed by atoms with Crippen LogP contribution in [0, 0.1) is 0 Å². The Bertz CT molecular complexity index is 862. The number of ether oxygens (including phenoxy) is 1. The zero-order valence-electron chi connectivity index (χ0n) is 14.8. The summed E-state index contributed by atoms with van der Waals surface area (Å²) in [5, 5.41) is 1.07. The number of para-hydroxylation sites is 1. The molecule has 0 aliphatic heterocycles. The summed E-state index contributed by atoms with van der Waals surface area (Å²) in [5.41, 5.74) is 8.84. The molecule has 0 unspecified atom stereocenters. The van der Waals surface area contributed by atoms with Gasteiger partial charge in [0.05, 0.1) is 0 Å². The molecule has 0 bridgehead atoms. The van der Waals surface area contributed by atoms with Crippen LogP contribution < -0.4 is 5.73 Å². The minimum Gasteiger partial charge on any atom is -0.459 e. The van der Waals surface area contributed by atoms with Gasteiger partial charge in [-0.05, 0) is 38.0 Å². The van der Waals surface area contributed by atoms with Crippen LogP contribution in [-0.2, 0) is 9.53 Å². The first-order valence-electron chi connectivity index (χ1n) is 8.46. The average molecular weight is 336 g/mol. The number of rotatable bonds is 4. The maximum absolute atomic E-state index is 12.6. The summed E-state index contributed by atoms with van der Waals surface area (Å²) in [6.07, 6.45) is 1.94. The molecular formula is C21H24N2O2. The molecule has 0 amide bonds. The Morgan fingerprint density at radius 1 is 1.04 bits per heavy atom. The zero-order valence-corrected chi connectivity index (χ0v) is 14.8. The molecule has 2 atom stereocenters. The summed E-state index contributed by atoms with van der Waals surface area (Å²) in [5.74, 6) is -0.682. The molecular weight excluding hydrogens is 312 g/mol. The van der Waals surface area contributed by atoms with Crippen molar-refractivity contribution in [2.45, 2.75) is 38.3 Å². The van der Waals surface area contributed by atoms with Gasteiger partial charge in [0, 0.05) is 23.0 Å². The molecule has 0 saturated carbocycles. The molecule has 25 heavy (non-hydrogen) atoms. The predicted molar refractivity (Wildman–Crippen MR) is 100 cm³/mol. The highest BCUT2D eigenvalue weighted by molar-refractivity contribution is 5.86. The van der Waals surface area contributed by atoms with Crippen molar-refractivity contribution in [3.8, 4) is 0 Å². The summed E-state index contributed by atoms with van der Waals surface area (Å²) >= 11 is 0. The van der Waals surface area contributed by atoms with Gasteiger partial charge in [0.1, 0.15) is 11.6 Å². The Morgan fingerprint density at radius 3 is 2.36 bits per heavy atom. The second-order valence-corrected chi connectivity index (χ2v) is 7.24. The van der Waals surface area contributed by atoms with Crippen molar-refractivity contribution in [3.05, 3.63) is 71.9 Å². The Hall–Kier alpha value is -2.59. The van der Waals surface area contributed by atoms with Gasteiger partial charge < -0.3 is 15.5 Å². The van der Waals surface area contributed by atoms with Crippen LogP contribution >= 0.6 is 0 Å². The number of aromatic amines is 1. The van der Waals surface area contributed by atoms with Gasteiger partial charge in [0.15, 0.2) is 0 Å². The molecule has 3 N–H and O–H groups in total. The lowest BCUT2D eigenvalue weighted by Gasteiger charge is -2.27. The smallest absolute Gasteiger partial charge is 0.324 e. The Morgan fingerprint density at radius 2 is 1.68 bits per heavy atom. The molecule has 0 radical (unpaired) electrons. The fourth-order valence-electron chi connectivity index (χ4n) is 3.10. The van der Waals surface area contributed by atoms with Gasteiger partial charge in [-0.3, -0.25) is 4.79 Å². The molecule has 2 aromatic carbocycles. The van der Waals surface area contributed by atoms with E-state index in [1.165, 1.54) is 0 Å². The zero-order chi connectivity index (χ0) is 18.0. The van der Waals surface area contributed by atoms with E-state index in [2.05, 4.69) is 4.98 Å². The van der Waals surface area contributed by atoms with E-state index in [1.807, 2.05) is 81.6 Å². The second kappa shape index (κ2) is 6.73. The third kappa shape index (κ3) is 3.74. The molecule has 0 fully saturated rings. The number of H-pyrrole nitrogens is 1. The first-order chi connectivity index (χ1) is 11.9. The van der Waals surface area contributed by atoms with Crippen molar-refractivity contribution in [3.63, 3.8) is 0 Å². The van der Waals surface area contributed by atoms with Crippen LogP contribution in [0.1, 0.15) is 37.8 Å². The maximum atomic E-state index is 12.6. The van der Waals surface area contributed by atoms with Crippen LogP contribution in [0.4, 0.5) is 0 Å². The highest BCUT2D eigenvalue weighted by atomic mass is 16.6. The van der Waals surface area contributed by atoms with E-state index in [4.69, 9.17) is 10.5 Å². The summed E-state index contributed by atoms with van der Waals surface area (Å²) in [6.45, 7) is 5.54. The van der Waals surface area contributed by atoms with Gasteiger partial charge >= 0.3 is 5.97 Å². The van der Waals surface area contributed by atoms with E-state index in [0.29, 0.717) is 0 Å². The van der Waals surface area contributed by atoms with Crippen LogP contribution in [0.5, 0.6) is 0 Å². The first-order valence-corrected chi connectivity index (χ1v) is 8.46. The molecule has 1 heterocycles. The molecule has 1 aromatic heterocycles. The highest BCUT2D eigenvalue weighted by Gasteiger charge is 2.32. The van der Waals surface area contributed by atoms with E-state index in [-0.39, 0.29) is 5.92 Å². The van der Waals surface area contributed by atoms with Crippen molar-refractivity contribution in [2.75, 3.05) is 0 Å². The fourth-order valence-corrected chi connectivity index (χ4v) is 3.10. The van der Waals surface area contributed by atoms with Gasteiger partial charge in [0.2, 0.25) is 0 Å². The molecule has 0 saturated heterocycles. The van der Waals surface area contributed by atoms with E-state index in [0.717, 1.165) is 22.0 Å². The second-order valence-electron chi connectivity index (χ2n) is 7.24. The van der Waals surface area contributed by atoms with Crippen LogP contribution in [-0.4, -0.2) is 22.6 Å². The van der Waals surface area contributed by atoms with Gasteiger partial charge in [0.25, 0.3) is 0 Å². The lowest BCUT2D eigenvalue weighted by atomic mass is 9.85. The molecule has 130 valence electrons. The van der Waals surface area contributed by atoms with Crippen molar-refractivity contribution in [2.24, 2.45) is 5.73 Å². The van der Waals surface area contributed by atoms with E-state index in [9.17, 15) is 4.79 Å². The normalized spacial score (nSPS) is 14.2. The Labute approximate surface area is 148 Å². The van der Waals surface area contributed by atoms with Crippen molar-refractivity contribution in [1.29, 1.82) is 0 Å². The lowest BCUT2D eigenvalue weighted by Crippen LogP contribution is -2.42. The summed E-state index contributed by atoms with van der Waals surface area (Å²) in [6, 6.07) is 17.1. The SMILES string of the molecule is CC(C)(C)OC(=O)[C@H](N)[C@@H](c1ccccc1)c1c[nH]c2ccccc12. The highest BCUT2D eigenvalue weighted by Crippen LogP contribution is 2.33. The monoisotopic (exact) mass is 336 g/mol. The number of hydrogen-bond donors (Lipinski definition) is 2. The molecule has 4 heteroatoms. The minimum absolute atomic E-state index is 0.285. The van der Waals surface area contributed by atoms with Crippen LogP contribution in [0.2, 0.25) is 0 Å². The molecule has 0 aliphatic carbocycles. The van der Waals surface area contributed by atoms with E-state index >= 15 is 0 Å². The first kappa shape index (κ1) is 17.2. The third-order valence-corrected chi connectivity index (χ3v) is 4.15. The number of nitrogens with one attached hydrogen (secondary N) is 1. The Kier molecular flexibility index (Phi) is 4.64. The lowest BCUT2D eigenvalue weighted by molar-refractivity contribution is -0.156. The number of carbonyl (C=O) groups excluding carboxylic acids is 1. The molecule has 0 aliphatic rings. The van der Waals surface area contributed by atoms with Gasteiger partial charge in [-0.2, -0.15) is 0 Å². The molecule has 3 aromatic rings. The van der Waals surface area contributed by atoms with E-state index in [1.54, 1.807) is 0 Å². The van der Waals surface area contributed by atoms with Gasteiger partial charge in [-0.15, -0.1) is 0 Å². The summed E-state index contributed by atoms with van der Waals surface area (Å²) < 4.78 is 5.54. The number of esters is 1. The quantitative estimate of drug-likeness (QED) is 0.708. The van der Waals surface area contributed by atoms with Gasteiger partial charge in [-0.25, -0.2) is 0 Å². The van der Waals surface area contributed by atoms with Crippen molar-refractivity contribution < 1.29 is 9.53 Å². The number of nitrogens with two attached hydrogens (primary N) is 1. The van der Waals surface area contributed by atoms with Crippen molar-refractivity contribution in [1.82, 2.24) is 4.98 Å². The topological polar surface area (TPSA) is 68.1 Å². The van der Waals surface area contributed by atoms with Crippen molar-refractivity contribution >= 4 is 16.9 Å². The number of carbonyl (C=O) groups is 1. The summed E-state index contributed by atoms with van der Waals surface area (Å²) in [7, 11) is 0. The number of hydrogen-bond acceptors (Lipinski definition) is 3. The number of aromatic nitrogens is 1. The maximum Gasteiger partial charge on any atom is 0.324 e. The minimum atomic E-state index is -0.791. The molecule has 4 nitrogen and oxygen atoms in total.